The second kappa shape index (κ2) is 7.43. The van der Waals surface area contributed by atoms with Gasteiger partial charge in [0.1, 0.15) is 5.75 Å². The number of halogens is 3. The van der Waals surface area contributed by atoms with Crippen molar-refractivity contribution in [3.8, 4) is 5.75 Å². The van der Waals surface area contributed by atoms with Crippen LogP contribution in [0.2, 0.25) is 0 Å². The topological polar surface area (TPSA) is 140 Å². The number of aromatic nitrogens is 3. The van der Waals surface area contributed by atoms with Crippen LogP contribution in [0.3, 0.4) is 0 Å². The van der Waals surface area contributed by atoms with Crippen molar-refractivity contribution in [1.29, 1.82) is 0 Å². The van der Waals surface area contributed by atoms with E-state index in [9.17, 15) is 26.4 Å². The number of ether oxygens (including phenoxy) is 1. The number of nitrogens with two attached hydrogens (primary N) is 1. The number of rotatable bonds is 5. The fourth-order valence-electron chi connectivity index (χ4n) is 2.26. The predicted octanol–water partition coefficient (Wildman–Crippen LogP) is 2.37. The van der Waals surface area contributed by atoms with Crippen LogP contribution < -0.4 is 15.8 Å². The number of amides is 1. The van der Waals surface area contributed by atoms with Gasteiger partial charge in [-0.15, -0.1) is 13.2 Å². The molecular weight excluding hydrogens is 415 g/mol. The molecule has 0 aliphatic heterocycles. The van der Waals surface area contributed by atoms with Gasteiger partial charge in [0.2, 0.25) is 9.84 Å². The molecule has 3 rings (SSSR count). The molecule has 0 aliphatic rings. The van der Waals surface area contributed by atoms with Crippen molar-refractivity contribution in [3.05, 3.63) is 54.5 Å². The minimum Gasteiger partial charge on any atom is -0.406 e. The molecular formula is C16H12F3N5O4S. The Morgan fingerprint density at radius 1 is 1.14 bits per heavy atom. The molecule has 29 heavy (non-hydrogen) atoms. The van der Waals surface area contributed by atoms with E-state index in [1.807, 2.05) is 0 Å². The van der Waals surface area contributed by atoms with E-state index < -0.39 is 27.9 Å². The molecule has 0 saturated heterocycles. The number of carbonyl (C=O) groups excluding carboxylic acids is 1. The van der Waals surface area contributed by atoms with Crippen LogP contribution in [0.5, 0.6) is 5.75 Å². The van der Waals surface area contributed by atoms with Gasteiger partial charge in [-0.05, 0) is 30.3 Å². The van der Waals surface area contributed by atoms with Crippen LogP contribution >= 0.6 is 0 Å². The number of nitrogens with one attached hydrogen (secondary N) is 2. The standard InChI is InChI=1S/C16H12F3N5O4S/c17-16(18,19)28-9-1-3-10(4-2-9)29(26,27)11-7-12(20)14(21-8-11)15(25)23-13-5-6-22-24-13/h1-8H,20H2,(H2,22,23,24,25). The molecule has 1 aromatic carbocycles. The van der Waals surface area contributed by atoms with Crippen molar-refractivity contribution >= 4 is 27.2 Å². The number of anilines is 2. The second-order valence-electron chi connectivity index (χ2n) is 5.55. The zero-order chi connectivity index (χ0) is 21.2. The van der Waals surface area contributed by atoms with Crippen molar-refractivity contribution in [2.24, 2.45) is 0 Å². The molecule has 1 amide bonds. The Kier molecular flexibility index (Phi) is 5.16. The van der Waals surface area contributed by atoms with Crippen LogP contribution in [0.1, 0.15) is 10.5 Å². The van der Waals surface area contributed by atoms with Gasteiger partial charge in [-0.2, -0.15) is 5.10 Å². The number of H-pyrrole nitrogens is 1. The van der Waals surface area contributed by atoms with Gasteiger partial charge in [0.15, 0.2) is 11.5 Å². The highest BCUT2D eigenvalue weighted by Crippen LogP contribution is 2.27. The van der Waals surface area contributed by atoms with Crippen molar-refractivity contribution in [2.45, 2.75) is 16.2 Å². The molecule has 152 valence electrons. The Morgan fingerprint density at radius 3 is 2.38 bits per heavy atom. The summed E-state index contributed by atoms with van der Waals surface area (Å²) < 4.78 is 65.6. The number of carbonyl (C=O) groups is 1. The number of pyridine rings is 1. The number of hydrogen-bond acceptors (Lipinski definition) is 7. The van der Waals surface area contributed by atoms with Crippen LogP contribution in [0, 0.1) is 0 Å². The summed E-state index contributed by atoms with van der Waals surface area (Å²) in [6.45, 7) is 0. The summed E-state index contributed by atoms with van der Waals surface area (Å²) in [6.07, 6.45) is -2.50. The molecule has 2 heterocycles. The Labute approximate surface area is 161 Å². The Hall–Kier alpha value is -3.61. The lowest BCUT2D eigenvalue weighted by atomic mass is 10.3. The van der Waals surface area contributed by atoms with E-state index in [-0.39, 0.29) is 27.0 Å². The highest BCUT2D eigenvalue weighted by atomic mass is 32.2. The third-order valence-electron chi connectivity index (χ3n) is 3.53. The van der Waals surface area contributed by atoms with Gasteiger partial charge in [-0.25, -0.2) is 13.4 Å². The smallest absolute Gasteiger partial charge is 0.406 e. The van der Waals surface area contributed by atoms with Gasteiger partial charge >= 0.3 is 6.36 Å². The second-order valence-corrected chi connectivity index (χ2v) is 7.49. The zero-order valence-corrected chi connectivity index (χ0v) is 15.1. The molecule has 0 unspecified atom stereocenters. The zero-order valence-electron chi connectivity index (χ0n) is 14.3. The van der Waals surface area contributed by atoms with Crippen molar-refractivity contribution in [1.82, 2.24) is 15.2 Å². The summed E-state index contributed by atoms with van der Waals surface area (Å²) in [7, 11) is -4.14. The summed E-state index contributed by atoms with van der Waals surface area (Å²) in [5.74, 6) is -1.05. The summed E-state index contributed by atoms with van der Waals surface area (Å²) in [4.78, 5) is 15.3. The van der Waals surface area contributed by atoms with Crippen molar-refractivity contribution in [3.63, 3.8) is 0 Å². The van der Waals surface area contributed by atoms with Gasteiger partial charge in [-0.3, -0.25) is 9.89 Å². The van der Waals surface area contributed by atoms with E-state index in [0.29, 0.717) is 0 Å². The number of aromatic amines is 1. The molecule has 0 saturated carbocycles. The Bertz CT molecular complexity index is 1130. The average Bonchev–Trinajstić information content (AvgIpc) is 3.13. The molecule has 0 spiro atoms. The highest BCUT2D eigenvalue weighted by molar-refractivity contribution is 7.91. The van der Waals surface area contributed by atoms with E-state index in [2.05, 4.69) is 25.2 Å². The highest BCUT2D eigenvalue weighted by Gasteiger charge is 2.31. The lowest BCUT2D eigenvalue weighted by Gasteiger charge is -2.10. The SMILES string of the molecule is Nc1cc(S(=O)(=O)c2ccc(OC(F)(F)F)cc2)cnc1C(=O)Nc1cc[nH]n1. The molecule has 13 heteroatoms. The van der Waals surface area contributed by atoms with E-state index in [1.54, 1.807) is 0 Å². The first-order valence-corrected chi connectivity index (χ1v) is 9.22. The lowest BCUT2D eigenvalue weighted by Crippen LogP contribution is -2.17. The summed E-state index contributed by atoms with van der Waals surface area (Å²) in [5, 5.41) is 8.65. The molecule has 0 radical (unpaired) electrons. The maximum Gasteiger partial charge on any atom is 0.573 e. The maximum absolute atomic E-state index is 12.6. The minimum absolute atomic E-state index is 0.212. The molecule has 0 fully saturated rings. The van der Waals surface area contributed by atoms with Crippen LogP contribution in [0.25, 0.3) is 0 Å². The van der Waals surface area contributed by atoms with E-state index in [1.165, 1.54) is 12.3 Å². The first kappa shape index (κ1) is 20.1. The summed E-state index contributed by atoms with van der Waals surface area (Å²) in [5.41, 5.74) is 5.33. The molecule has 0 atom stereocenters. The van der Waals surface area contributed by atoms with Crippen molar-refractivity contribution in [2.75, 3.05) is 11.1 Å². The van der Waals surface area contributed by atoms with E-state index in [0.717, 1.165) is 36.5 Å². The first-order chi connectivity index (χ1) is 13.6. The number of alkyl halides is 3. The molecule has 0 aliphatic carbocycles. The minimum atomic E-state index is -4.90. The molecule has 0 bridgehead atoms. The summed E-state index contributed by atoms with van der Waals surface area (Å²) in [6, 6.07) is 6.14. The number of benzene rings is 1. The van der Waals surface area contributed by atoms with Crippen molar-refractivity contribution < 1.29 is 31.1 Å². The Morgan fingerprint density at radius 2 is 1.83 bits per heavy atom. The molecule has 4 N–H and O–H groups in total. The number of sulfone groups is 1. The van der Waals surface area contributed by atoms with E-state index >= 15 is 0 Å². The largest absolute Gasteiger partial charge is 0.573 e. The van der Waals surface area contributed by atoms with Gasteiger partial charge in [0, 0.05) is 18.5 Å². The van der Waals surface area contributed by atoms with Crippen LogP contribution in [-0.2, 0) is 9.84 Å². The van der Waals surface area contributed by atoms with Gasteiger partial charge in [0.25, 0.3) is 5.91 Å². The molecule has 2 aromatic heterocycles. The van der Waals surface area contributed by atoms with Gasteiger partial charge < -0.3 is 15.8 Å². The quantitative estimate of drug-likeness (QED) is 0.568. The third-order valence-corrected chi connectivity index (χ3v) is 5.26. The summed E-state index contributed by atoms with van der Waals surface area (Å²) >= 11 is 0. The van der Waals surface area contributed by atoms with Gasteiger partial charge in [-0.1, -0.05) is 0 Å². The fourth-order valence-corrected chi connectivity index (χ4v) is 3.50. The third kappa shape index (κ3) is 4.63. The number of nitrogen functional groups attached to an aromatic ring is 1. The molecule has 9 nitrogen and oxygen atoms in total. The average molecular weight is 427 g/mol. The van der Waals surface area contributed by atoms with Crippen LogP contribution in [-0.4, -0.2) is 35.9 Å². The normalized spacial score (nSPS) is 11.8. The van der Waals surface area contributed by atoms with Crippen LogP contribution in [0.15, 0.2) is 58.6 Å². The van der Waals surface area contributed by atoms with Gasteiger partial charge in [0.05, 0.1) is 15.5 Å². The predicted molar refractivity (Wildman–Crippen MR) is 93.8 cm³/mol. The number of hydrogen-bond donors (Lipinski definition) is 3. The lowest BCUT2D eigenvalue weighted by molar-refractivity contribution is -0.274. The van der Waals surface area contributed by atoms with Crippen LogP contribution in [0.4, 0.5) is 24.7 Å². The fraction of sp³-hybridized carbons (Fsp3) is 0.0625. The monoisotopic (exact) mass is 427 g/mol. The molecule has 3 aromatic rings. The Balaban J connectivity index is 1.84. The maximum atomic E-state index is 12.6. The number of nitrogens with zero attached hydrogens (tertiary/aromatic N) is 2. The van der Waals surface area contributed by atoms with E-state index in [4.69, 9.17) is 5.73 Å². The first-order valence-electron chi connectivity index (χ1n) is 7.74.